The molecule has 0 bridgehead atoms. The number of aromatic carboxylic acids is 1. The lowest BCUT2D eigenvalue weighted by Gasteiger charge is -2.11. The first-order valence-electron chi connectivity index (χ1n) is 7.19. The number of carboxylic acids is 1. The third-order valence-corrected chi connectivity index (χ3v) is 4.09. The van der Waals surface area contributed by atoms with Crippen molar-refractivity contribution >= 4 is 39.2 Å². The summed E-state index contributed by atoms with van der Waals surface area (Å²) in [5.74, 6) is -0.211. The highest BCUT2D eigenvalue weighted by molar-refractivity contribution is 9.10. The van der Waals surface area contributed by atoms with Crippen molar-refractivity contribution < 1.29 is 14.6 Å². The molecule has 0 atom stereocenters. The number of halogens is 2. The number of carbonyl (C=O) groups is 1. The number of hydrogen-bond donors (Lipinski definition) is 2. The van der Waals surface area contributed by atoms with E-state index < -0.39 is 5.97 Å². The van der Waals surface area contributed by atoms with Crippen molar-refractivity contribution in [1.29, 1.82) is 0 Å². The van der Waals surface area contributed by atoms with Crippen LogP contribution in [0.1, 0.15) is 29.3 Å². The van der Waals surface area contributed by atoms with Gasteiger partial charge in [0.25, 0.3) is 0 Å². The average Bonchev–Trinajstić information content (AvgIpc) is 2.51. The Labute approximate surface area is 148 Å². The third kappa shape index (κ3) is 4.88. The van der Waals surface area contributed by atoms with Crippen molar-refractivity contribution in [3.63, 3.8) is 0 Å². The standard InChI is InChI=1S/C17H17BrClNO3/c1-2-7-23-16-6-3-11(8-14(16)18)10-20-12-4-5-13(17(21)22)15(19)9-12/h3-6,8-9,20H,2,7,10H2,1H3,(H,21,22). The highest BCUT2D eigenvalue weighted by Gasteiger charge is 2.09. The maximum Gasteiger partial charge on any atom is 0.337 e. The minimum Gasteiger partial charge on any atom is -0.492 e. The summed E-state index contributed by atoms with van der Waals surface area (Å²) in [6.45, 7) is 3.34. The maximum absolute atomic E-state index is 10.9. The molecular formula is C17H17BrClNO3. The number of hydrogen-bond acceptors (Lipinski definition) is 3. The van der Waals surface area contributed by atoms with Crippen LogP contribution in [0.2, 0.25) is 5.02 Å². The van der Waals surface area contributed by atoms with Gasteiger partial charge in [-0.25, -0.2) is 4.79 Å². The van der Waals surface area contributed by atoms with Crippen LogP contribution in [0, 0.1) is 0 Å². The van der Waals surface area contributed by atoms with Crippen molar-refractivity contribution in [2.75, 3.05) is 11.9 Å². The molecule has 0 aromatic heterocycles. The van der Waals surface area contributed by atoms with E-state index in [1.54, 1.807) is 12.1 Å². The second kappa shape index (κ2) is 8.22. The highest BCUT2D eigenvalue weighted by Crippen LogP contribution is 2.27. The Hall–Kier alpha value is -1.72. The molecule has 2 aromatic carbocycles. The van der Waals surface area contributed by atoms with Crippen molar-refractivity contribution in [1.82, 2.24) is 0 Å². The van der Waals surface area contributed by atoms with Gasteiger partial charge in [0.1, 0.15) is 5.75 Å². The molecular weight excluding hydrogens is 382 g/mol. The minimum absolute atomic E-state index is 0.0948. The van der Waals surface area contributed by atoms with Crippen LogP contribution in [-0.2, 0) is 6.54 Å². The van der Waals surface area contributed by atoms with Crippen molar-refractivity contribution in [2.24, 2.45) is 0 Å². The molecule has 0 saturated heterocycles. The molecule has 23 heavy (non-hydrogen) atoms. The third-order valence-electron chi connectivity index (χ3n) is 3.15. The number of rotatable bonds is 7. The van der Waals surface area contributed by atoms with E-state index >= 15 is 0 Å². The molecule has 0 spiro atoms. The van der Waals surface area contributed by atoms with Crippen LogP contribution in [0.5, 0.6) is 5.75 Å². The van der Waals surface area contributed by atoms with Gasteiger partial charge in [0.2, 0.25) is 0 Å². The van der Waals surface area contributed by atoms with Crippen molar-refractivity contribution in [3.8, 4) is 5.75 Å². The number of anilines is 1. The van der Waals surface area contributed by atoms with Gasteiger partial charge in [0.15, 0.2) is 0 Å². The SMILES string of the molecule is CCCOc1ccc(CNc2ccc(C(=O)O)c(Cl)c2)cc1Br. The van der Waals surface area contributed by atoms with Gasteiger partial charge in [-0.1, -0.05) is 24.6 Å². The largest absolute Gasteiger partial charge is 0.492 e. The predicted octanol–water partition coefficient (Wildman–Crippen LogP) is 5.20. The number of benzene rings is 2. The zero-order valence-corrected chi connectivity index (χ0v) is 14.9. The van der Waals surface area contributed by atoms with Crippen LogP contribution in [0.15, 0.2) is 40.9 Å². The fourth-order valence-corrected chi connectivity index (χ4v) is 2.79. The topological polar surface area (TPSA) is 58.6 Å². The lowest BCUT2D eigenvalue weighted by atomic mass is 10.2. The fourth-order valence-electron chi connectivity index (χ4n) is 1.99. The number of ether oxygens (including phenoxy) is 1. The summed E-state index contributed by atoms with van der Waals surface area (Å²) >= 11 is 9.46. The van der Waals surface area contributed by atoms with E-state index in [2.05, 4.69) is 28.2 Å². The van der Waals surface area contributed by atoms with E-state index in [-0.39, 0.29) is 10.6 Å². The van der Waals surface area contributed by atoms with Crippen LogP contribution in [0.25, 0.3) is 0 Å². The van der Waals surface area contributed by atoms with Gasteiger partial charge in [-0.2, -0.15) is 0 Å². The van der Waals surface area contributed by atoms with Gasteiger partial charge >= 0.3 is 5.97 Å². The molecule has 2 rings (SSSR count). The van der Waals surface area contributed by atoms with Crippen LogP contribution < -0.4 is 10.1 Å². The zero-order valence-electron chi connectivity index (χ0n) is 12.6. The normalized spacial score (nSPS) is 10.4. The van der Waals surface area contributed by atoms with Crippen molar-refractivity contribution in [3.05, 3.63) is 57.0 Å². The molecule has 0 heterocycles. The average molecular weight is 399 g/mol. The van der Waals surface area contributed by atoms with Gasteiger partial charge in [-0.05, 0) is 58.2 Å². The molecule has 4 nitrogen and oxygen atoms in total. The van der Waals surface area contributed by atoms with E-state index in [0.29, 0.717) is 13.2 Å². The number of carboxylic acid groups (broad SMARTS) is 1. The first kappa shape index (κ1) is 17.6. The van der Waals surface area contributed by atoms with Gasteiger partial charge in [0.05, 0.1) is 21.7 Å². The first-order chi connectivity index (χ1) is 11.0. The summed E-state index contributed by atoms with van der Waals surface area (Å²) in [5, 5.41) is 12.4. The lowest BCUT2D eigenvalue weighted by molar-refractivity contribution is 0.0697. The van der Waals surface area contributed by atoms with Crippen molar-refractivity contribution in [2.45, 2.75) is 19.9 Å². The maximum atomic E-state index is 10.9. The van der Waals surface area contributed by atoms with Crippen LogP contribution >= 0.6 is 27.5 Å². The molecule has 6 heteroatoms. The molecule has 122 valence electrons. The molecule has 0 saturated carbocycles. The predicted molar refractivity (Wildman–Crippen MR) is 95.7 cm³/mol. The summed E-state index contributed by atoms with van der Waals surface area (Å²) in [4.78, 5) is 10.9. The molecule has 0 aliphatic heterocycles. The molecule has 0 aliphatic rings. The summed E-state index contributed by atoms with van der Waals surface area (Å²) in [6, 6.07) is 10.7. The highest BCUT2D eigenvalue weighted by atomic mass is 79.9. The molecule has 0 amide bonds. The Kier molecular flexibility index (Phi) is 6.30. The first-order valence-corrected chi connectivity index (χ1v) is 8.36. The zero-order chi connectivity index (χ0) is 16.8. The molecule has 0 fully saturated rings. The summed E-state index contributed by atoms with van der Waals surface area (Å²) in [5.41, 5.74) is 1.93. The van der Waals surface area contributed by atoms with Gasteiger partial charge in [-0.15, -0.1) is 0 Å². The van der Waals surface area contributed by atoms with E-state index in [1.807, 2.05) is 18.2 Å². The molecule has 0 radical (unpaired) electrons. The van der Waals surface area contributed by atoms with E-state index in [9.17, 15) is 4.79 Å². The van der Waals surface area contributed by atoms with Gasteiger partial charge < -0.3 is 15.2 Å². The minimum atomic E-state index is -1.03. The van der Waals surface area contributed by atoms with Crippen LogP contribution in [0.3, 0.4) is 0 Å². The Morgan fingerprint density at radius 2 is 2.09 bits per heavy atom. The van der Waals surface area contributed by atoms with E-state index in [4.69, 9.17) is 21.4 Å². The Morgan fingerprint density at radius 1 is 1.30 bits per heavy atom. The molecule has 0 aliphatic carbocycles. The van der Waals surface area contributed by atoms with Crippen LogP contribution in [-0.4, -0.2) is 17.7 Å². The van der Waals surface area contributed by atoms with Crippen LogP contribution in [0.4, 0.5) is 5.69 Å². The summed E-state index contributed by atoms with van der Waals surface area (Å²) in [7, 11) is 0. The monoisotopic (exact) mass is 397 g/mol. The molecule has 0 unspecified atom stereocenters. The summed E-state index contributed by atoms with van der Waals surface area (Å²) < 4.78 is 6.52. The Balaban J connectivity index is 2.02. The van der Waals surface area contributed by atoms with E-state index in [0.717, 1.165) is 27.9 Å². The second-order valence-corrected chi connectivity index (χ2v) is 6.23. The molecule has 2 aromatic rings. The Morgan fingerprint density at radius 3 is 2.70 bits per heavy atom. The number of nitrogens with one attached hydrogen (secondary N) is 1. The second-order valence-electron chi connectivity index (χ2n) is 4.97. The molecule has 2 N–H and O–H groups in total. The van der Waals surface area contributed by atoms with Gasteiger partial charge in [-0.3, -0.25) is 0 Å². The Bertz CT molecular complexity index is 706. The van der Waals surface area contributed by atoms with E-state index in [1.165, 1.54) is 6.07 Å². The summed E-state index contributed by atoms with van der Waals surface area (Å²) in [6.07, 6.45) is 0.961. The quantitative estimate of drug-likeness (QED) is 0.673. The fraction of sp³-hybridized carbons (Fsp3) is 0.235. The smallest absolute Gasteiger partial charge is 0.337 e. The van der Waals surface area contributed by atoms with Gasteiger partial charge in [0, 0.05) is 12.2 Å². The lowest BCUT2D eigenvalue weighted by Crippen LogP contribution is -2.02.